The van der Waals surface area contributed by atoms with Gasteiger partial charge in [0.15, 0.2) is 5.13 Å². The number of likely N-dealkylation sites (tertiary alicyclic amines) is 1. The maximum Gasteiger partial charge on any atom is 0.223 e. The van der Waals surface area contributed by atoms with Crippen LogP contribution in [0.15, 0.2) is 0 Å². The molecule has 3 aliphatic rings. The van der Waals surface area contributed by atoms with Crippen molar-refractivity contribution in [2.75, 3.05) is 31.2 Å². The molecule has 23 heavy (non-hydrogen) atoms. The number of hydrogen-bond donors (Lipinski definition) is 0. The Morgan fingerprint density at radius 3 is 2.70 bits per heavy atom. The Morgan fingerprint density at radius 2 is 2.00 bits per heavy atom. The van der Waals surface area contributed by atoms with Crippen molar-refractivity contribution >= 4 is 22.4 Å². The van der Waals surface area contributed by atoms with Crippen LogP contribution in [0, 0.1) is 5.92 Å². The number of thiazole rings is 1. The Bertz CT molecular complexity index is 559. The third kappa shape index (κ3) is 2.97. The first-order chi connectivity index (χ1) is 11.2. The van der Waals surface area contributed by atoms with Crippen LogP contribution in [-0.2, 0) is 17.6 Å². The molecule has 3 heterocycles. The molecule has 2 saturated heterocycles. The molecule has 0 spiro atoms. The van der Waals surface area contributed by atoms with Gasteiger partial charge in [-0.15, -0.1) is 11.3 Å². The fourth-order valence-electron chi connectivity index (χ4n) is 4.11. The molecule has 1 unspecified atom stereocenters. The lowest BCUT2D eigenvalue weighted by molar-refractivity contribution is -0.130. The summed E-state index contributed by atoms with van der Waals surface area (Å²) in [6, 6.07) is 0.296. The maximum absolute atomic E-state index is 12.8. The van der Waals surface area contributed by atoms with Crippen molar-refractivity contribution in [1.29, 1.82) is 0 Å². The topological polar surface area (TPSA) is 36.4 Å². The lowest BCUT2D eigenvalue weighted by atomic mass is 10.0. The van der Waals surface area contributed by atoms with Crippen LogP contribution in [0.25, 0.3) is 0 Å². The quantitative estimate of drug-likeness (QED) is 0.851. The zero-order valence-corrected chi connectivity index (χ0v) is 14.3. The minimum atomic E-state index is -0.369. The van der Waals surface area contributed by atoms with Crippen molar-refractivity contribution in [2.24, 2.45) is 5.92 Å². The van der Waals surface area contributed by atoms with Gasteiger partial charge in [-0.1, -0.05) is 0 Å². The summed E-state index contributed by atoms with van der Waals surface area (Å²) in [4.78, 5) is 22.7. The summed E-state index contributed by atoms with van der Waals surface area (Å²) in [5, 5.41) is 1.17. The SMILES string of the molecule is O=C1CC(CF)CN1C1CCN(c2nc3c(s2)CCCC3)CC1. The molecule has 0 aromatic carbocycles. The number of alkyl halides is 1. The highest BCUT2D eigenvalue weighted by Crippen LogP contribution is 2.34. The van der Waals surface area contributed by atoms with Gasteiger partial charge >= 0.3 is 0 Å². The van der Waals surface area contributed by atoms with E-state index in [1.807, 2.05) is 16.2 Å². The van der Waals surface area contributed by atoms with Crippen molar-refractivity contribution < 1.29 is 9.18 Å². The molecule has 1 aromatic rings. The Kier molecular flexibility index (Phi) is 4.26. The number of halogens is 1. The number of aromatic nitrogens is 1. The summed E-state index contributed by atoms with van der Waals surface area (Å²) < 4.78 is 12.8. The molecule has 2 aliphatic heterocycles. The highest BCUT2D eigenvalue weighted by molar-refractivity contribution is 7.15. The molecule has 4 rings (SSSR count). The first kappa shape index (κ1) is 15.4. The highest BCUT2D eigenvalue weighted by atomic mass is 32.1. The van der Waals surface area contributed by atoms with Crippen LogP contribution in [0.1, 0.15) is 42.7 Å². The number of amides is 1. The van der Waals surface area contributed by atoms with Crippen LogP contribution in [-0.4, -0.2) is 48.1 Å². The van der Waals surface area contributed by atoms with Crippen LogP contribution in [0.5, 0.6) is 0 Å². The second kappa shape index (κ2) is 6.38. The number of rotatable bonds is 3. The Morgan fingerprint density at radius 1 is 1.22 bits per heavy atom. The van der Waals surface area contributed by atoms with Crippen molar-refractivity contribution in [3.63, 3.8) is 0 Å². The van der Waals surface area contributed by atoms with E-state index in [-0.39, 0.29) is 18.5 Å². The van der Waals surface area contributed by atoms with E-state index in [0.717, 1.165) is 32.4 Å². The second-order valence-corrected chi connectivity index (χ2v) is 8.12. The highest BCUT2D eigenvalue weighted by Gasteiger charge is 2.36. The molecule has 6 heteroatoms. The van der Waals surface area contributed by atoms with E-state index in [4.69, 9.17) is 4.98 Å². The van der Waals surface area contributed by atoms with E-state index in [2.05, 4.69) is 4.90 Å². The molecule has 1 aliphatic carbocycles. The number of aryl methyl sites for hydroxylation is 2. The number of piperidine rings is 1. The van der Waals surface area contributed by atoms with E-state index >= 15 is 0 Å². The molecule has 1 amide bonds. The molecule has 1 aromatic heterocycles. The lowest BCUT2D eigenvalue weighted by Crippen LogP contribution is -2.45. The van der Waals surface area contributed by atoms with Gasteiger partial charge in [-0.2, -0.15) is 0 Å². The maximum atomic E-state index is 12.8. The van der Waals surface area contributed by atoms with Gasteiger partial charge < -0.3 is 9.80 Å². The van der Waals surface area contributed by atoms with E-state index in [1.54, 1.807) is 0 Å². The fraction of sp³-hybridized carbons (Fsp3) is 0.765. The van der Waals surface area contributed by atoms with Crippen molar-refractivity contribution in [1.82, 2.24) is 9.88 Å². The molecule has 2 fully saturated rings. The molecule has 0 radical (unpaired) electrons. The molecular weight excluding hydrogens is 313 g/mol. The number of carbonyl (C=O) groups excluding carboxylic acids is 1. The fourth-order valence-corrected chi connectivity index (χ4v) is 5.31. The zero-order chi connectivity index (χ0) is 15.8. The molecule has 126 valence electrons. The minimum absolute atomic E-state index is 0.0776. The van der Waals surface area contributed by atoms with Gasteiger partial charge in [0.1, 0.15) is 0 Å². The number of anilines is 1. The van der Waals surface area contributed by atoms with E-state index in [1.165, 1.54) is 35.0 Å². The summed E-state index contributed by atoms with van der Waals surface area (Å²) in [7, 11) is 0. The monoisotopic (exact) mass is 337 g/mol. The first-order valence-electron chi connectivity index (χ1n) is 8.83. The Hall–Kier alpha value is -1.17. The average molecular weight is 337 g/mol. The van der Waals surface area contributed by atoms with Crippen LogP contribution < -0.4 is 4.90 Å². The summed E-state index contributed by atoms with van der Waals surface area (Å²) in [5.41, 5.74) is 1.32. The van der Waals surface area contributed by atoms with Crippen LogP contribution in [0.3, 0.4) is 0 Å². The molecule has 0 bridgehead atoms. The Labute approximate surface area is 140 Å². The van der Waals surface area contributed by atoms with Crippen LogP contribution in [0.4, 0.5) is 9.52 Å². The average Bonchev–Trinajstić information content (AvgIpc) is 3.18. The van der Waals surface area contributed by atoms with Crippen molar-refractivity contribution in [3.8, 4) is 0 Å². The standard InChI is InChI=1S/C17H24FN3OS/c18-10-12-9-16(22)21(11-12)13-5-7-20(8-6-13)17-19-14-3-1-2-4-15(14)23-17/h12-13H,1-11H2. The summed E-state index contributed by atoms with van der Waals surface area (Å²) in [6.45, 7) is 2.17. The van der Waals surface area contributed by atoms with Gasteiger partial charge in [-0.3, -0.25) is 9.18 Å². The molecule has 4 nitrogen and oxygen atoms in total. The Balaban J connectivity index is 1.37. The summed E-state index contributed by atoms with van der Waals surface area (Å²) in [5.74, 6) is 0.0713. The van der Waals surface area contributed by atoms with E-state index in [9.17, 15) is 9.18 Å². The predicted octanol–water partition coefficient (Wildman–Crippen LogP) is 2.81. The smallest absolute Gasteiger partial charge is 0.223 e. The van der Waals surface area contributed by atoms with Crippen LogP contribution >= 0.6 is 11.3 Å². The minimum Gasteiger partial charge on any atom is -0.348 e. The van der Waals surface area contributed by atoms with Gasteiger partial charge in [0.2, 0.25) is 5.91 Å². The van der Waals surface area contributed by atoms with Gasteiger partial charge in [0.05, 0.1) is 12.4 Å². The zero-order valence-electron chi connectivity index (χ0n) is 13.5. The normalized spacial score (nSPS) is 26.0. The second-order valence-electron chi connectivity index (χ2n) is 7.06. The molecule has 0 saturated carbocycles. The van der Waals surface area contributed by atoms with Crippen LogP contribution in [0.2, 0.25) is 0 Å². The largest absolute Gasteiger partial charge is 0.348 e. The number of hydrogen-bond acceptors (Lipinski definition) is 4. The molecule has 0 N–H and O–H groups in total. The van der Waals surface area contributed by atoms with Crippen molar-refractivity contribution in [2.45, 2.75) is 51.0 Å². The van der Waals surface area contributed by atoms with Gasteiger partial charge in [0.25, 0.3) is 0 Å². The van der Waals surface area contributed by atoms with Gasteiger partial charge in [-0.05, 0) is 38.5 Å². The first-order valence-corrected chi connectivity index (χ1v) is 9.65. The number of nitrogens with zero attached hydrogens (tertiary/aromatic N) is 3. The summed E-state index contributed by atoms with van der Waals surface area (Å²) >= 11 is 1.86. The van der Waals surface area contributed by atoms with Crippen molar-refractivity contribution in [3.05, 3.63) is 10.6 Å². The number of fused-ring (bicyclic) bond motifs is 1. The third-order valence-electron chi connectivity index (χ3n) is 5.47. The molecular formula is C17H24FN3OS. The van der Waals surface area contributed by atoms with Gasteiger partial charge in [0, 0.05) is 42.9 Å². The summed E-state index contributed by atoms with van der Waals surface area (Å²) in [6.07, 6.45) is 7.25. The predicted molar refractivity (Wildman–Crippen MR) is 89.8 cm³/mol. The van der Waals surface area contributed by atoms with Gasteiger partial charge in [-0.25, -0.2) is 4.98 Å². The van der Waals surface area contributed by atoms with E-state index < -0.39 is 0 Å². The number of carbonyl (C=O) groups is 1. The third-order valence-corrected chi connectivity index (χ3v) is 6.69. The lowest BCUT2D eigenvalue weighted by Gasteiger charge is -2.36. The molecule has 1 atom stereocenters. The van der Waals surface area contributed by atoms with E-state index in [0.29, 0.717) is 19.0 Å².